The van der Waals surface area contributed by atoms with Crippen LogP contribution in [0.3, 0.4) is 0 Å². The zero-order valence-electron chi connectivity index (χ0n) is 11.0. The van der Waals surface area contributed by atoms with E-state index in [0.717, 1.165) is 36.9 Å². The summed E-state index contributed by atoms with van der Waals surface area (Å²) in [5, 5.41) is 0. The lowest BCUT2D eigenvalue weighted by Gasteiger charge is -2.33. The molecule has 2 aliphatic heterocycles. The molecule has 2 aliphatic rings. The maximum atomic E-state index is 5.42. The highest BCUT2D eigenvalue weighted by Gasteiger charge is 2.21. The molecule has 1 aromatic rings. The van der Waals surface area contributed by atoms with E-state index in [-0.39, 0.29) is 0 Å². The molecule has 2 heterocycles. The zero-order chi connectivity index (χ0) is 13.1. The lowest BCUT2D eigenvalue weighted by Crippen LogP contribution is -2.34. The van der Waals surface area contributed by atoms with Crippen LogP contribution in [0.4, 0.5) is 5.69 Å². The summed E-state index contributed by atoms with van der Waals surface area (Å²) in [6.45, 7) is 3.15. The van der Waals surface area contributed by atoms with Crippen molar-refractivity contribution < 1.29 is 14.3 Å². The summed E-state index contributed by atoms with van der Waals surface area (Å²) >= 11 is 0. The highest BCUT2D eigenvalue weighted by molar-refractivity contribution is 5.57. The van der Waals surface area contributed by atoms with Gasteiger partial charge in [0, 0.05) is 24.8 Å². The Hall–Kier alpha value is -1.46. The molecule has 0 spiro atoms. The summed E-state index contributed by atoms with van der Waals surface area (Å²) in [4.78, 5) is 7.07. The molecule has 3 rings (SSSR count). The van der Waals surface area contributed by atoms with E-state index < -0.39 is 0 Å². The number of fused-ring (bicyclic) bond motifs is 1. The molecule has 1 saturated heterocycles. The lowest BCUT2D eigenvalue weighted by atomic mass is 9.93. The quantitative estimate of drug-likeness (QED) is 0.842. The summed E-state index contributed by atoms with van der Waals surface area (Å²) in [5.41, 5.74) is 1.22. The van der Waals surface area contributed by atoms with Crippen molar-refractivity contribution in [3.8, 4) is 11.5 Å². The summed E-state index contributed by atoms with van der Waals surface area (Å²) in [5.74, 6) is 7.51. The van der Waals surface area contributed by atoms with Crippen LogP contribution >= 0.6 is 0 Å². The molecule has 104 valence electrons. The fraction of sp³-hybridized carbons (Fsp3) is 0.571. The number of benzene rings is 1. The molecule has 5 nitrogen and oxygen atoms in total. The first-order valence-corrected chi connectivity index (χ1v) is 6.83. The first kappa shape index (κ1) is 12.6. The van der Waals surface area contributed by atoms with Crippen LogP contribution in [0.5, 0.6) is 11.5 Å². The van der Waals surface area contributed by atoms with E-state index in [9.17, 15) is 0 Å². The van der Waals surface area contributed by atoms with Crippen molar-refractivity contribution in [1.29, 1.82) is 0 Å². The van der Waals surface area contributed by atoms with Crippen LogP contribution < -0.4 is 20.3 Å². The summed E-state index contributed by atoms with van der Waals surface area (Å²) in [6, 6.07) is 6.18. The van der Waals surface area contributed by atoms with Gasteiger partial charge in [-0.25, -0.2) is 5.90 Å². The first-order valence-electron chi connectivity index (χ1n) is 6.83. The van der Waals surface area contributed by atoms with Crippen LogP contribution in [0.15, 0.2) is 18.2 Å². The number of rotatable bonds is 4. The van der Waals surface area contributed by atoms with E-state index in [1.807, 2.05) is 6.07 Å². The van der Waals surface area contributed by atoms with Crippen LogP contribution in [0.2, 0.25) is 0 Å². The maximum absolute atomic E-state index is 5.42. The van der Waals surface area contributed by atoms with E-state index in [2.05, 4.69) is 21.9 Å². The molecular weight excluding hydrogens is 244 g/mol. The van der Waals surface area contributed by atoms with Crippen LogP contribution in [0, 0.1) is 5.92 Å². The van der Waals surface area contributed by atoms with Gasteiger partial charge in [-0.15, -0.1) is 0 Å². The van der Waals surface area contributed by atoms with Gasteiger partial charge in [0.25, 0.3) is 0 Å². The van der Waals surface area contributed by atoms with Crippen molar-refractivity contribution in [2.45, 2.75) is 19.3 Å². The van der Waals surface area contributed by atoms with E-state index in [1.54, 1.807) is 0 Å². The van der Waals surface area contributed by atoms with E-state index in [4.69, 9.17) is 15.4 Å². The van der Waals surface area contributed by atoms with Gasteiger partial charge in [0.1, 0.15) is 0 Å². The van der Waals surface area contributed by atoms with E-state index in [1.165, 1.54) is 18.5 Å². The first-order chi connectivity index (χ1) is 9.36. The maximum Gasteiger partial charge on any atom is 0.231 e. The van der Waals surface area contributed by atoms with Gasteiger partial charge >= 0.3 is 0 Å². The van der Waals surface area contributed by atoms with Crippen molar-refractivity contribution in [3.05, 3.63) is 18.2 Å². The van der Waals surface area contributed by atoms with Gasteiger partial charge in [-0.05, 0) is 37.3 Å². The van der Waals surface area contributed by atoms with Crippen LogP contribution in [0.25, 0.3) is 0 Å². The van der Waals surface area contributed by atoms with Gasteiger partial charge in [0.15, 0.2) is 11.5 Å². The topological polar surface area (TPSA) is 57.0 Å². The molecule has 0 aromatic heterocycles. The smallest absolute Gasteiger partial charge is 0.231 e. The van der Waals surface area contributed by atoms with Crippen LogP contribution in [0.1, 0.15) is 19.3 Å². The number of nitrogens with two attached hydrogens (primary N) is 1. The van der Waals surface area contributed by atoms with Crippen molar-refractivity contribution in [2.75, 3.05) is 31.4 Å². The van der Waals surface area contributed by atoms with Gasteiger partial charge in [0.2, 0.25) is 6.79 Å². The fourth-order valence-corrected chi connectivity index (χ4v) is 2.80. The average molecular weight is 264 g/mol. The summed E-state index contributed by atoms with van der Waals surface area (Å²) < 4.78 is 10.8. The third-order valence-electron chi connectivity index (χ3n) is 3.98. The Labute approximate surface area is 113 Å². The molecule has 0 aliphatic carbocycles. The van der Waals surface area contributed by atoms with Crippen molar-refractivity contribution >= 4 is 5.69 Å². The van der Waals surface area contributed by atoms with Gasteiger partial charge in [0.05, 0.1) is 6.61 Å². The SMILES string of the molecule is NOCCC1CCN(c2ccc3c(c2)OCO3)CC1. The molecule has 0 amide bonds. The predicted molar refractivity (Wildman–Crippen MR) is 72.3 cm³/mol. The molecule has 1 fully saturated rings. The number of anilines is 1. The van der Waals surface area contributed by atoms with Crippen molar-refractivity contribution in [1.82, 2.24) is 0 Å². The molecular formula is C14H20N2O3. The molecule has 0 radical (unpaired) electrons. The number of hydrogen-bond acceptors (Lipinski definition) is 5. The number of ether oxygens (including phenoxy) is 2. The Morgan fingerprint density at radius 2 is 2.00 bits per heavy atom. The third kappa shape index (κ3) is 2.77. The minimum Gasteiger partial charge on any atom is -0.454 e. The monoisotopic (exact) mass is 264 g/mol. The summed E-state index contributed by atoms with van der Waals surface area (Å²) in [7, 11) is 0. The van der Waals surface area contributed by atoms with Crippen molar-refractivity contribution in [2.24, 2.45) is 11.8 Å². The number of piperidine rings is 1. The molecule has 1 aromatic carbocycles. The molecule has 2 N–H and O–H groups in total. The predicted octanol–water partition coefficient (Wildman–Crippen LogP) is 1.91. The van der Waals surface area contributed by atoms with Gasteiger partial charge < -0.3 is 19.2 Å². The molecule has 0 bridgehead atoms. The molecule has 0 saturated carbocycles. The van der Waals surface area contributed by atoms with Crippen LogP contribution in [-0.2, 0) is 4.84 Å². The molecule has 0 atom stereocenters. The highest BCUT2D eigenvalue weighted by Crippen LogP contribution is 2.36. The average Bonchev–Trinajstić information content (AvgIpc) is 2.93. The second-order valence-corrected chi connectivity index (χ2v) is 5.13. The van der Waals surface area contributed by atoms with E-state index >= 15 is 0 Å². The lowest BCUT2D eigenvalue weighted by molar-refractivity contribution is 0.118. The normalized spacial score (nSPS) is 18.9. The zero-order valence-corrected chi connectivity index (χ0v) is 11.0. The Balaban J connectivity index is 1.59. The Bertz CT molecular complexity index is 431. The Kier molecular flexibility index (Phi) is 3.75. The fourth-order valence-electron chi connectivity index (χ4n) is 2.80. The Morgan fingerprint density at radius 3 is 2.79 bits per heavy atom. The largest absolute Gasteiger partial charge is 0.454 e. The Morgan fingerprint density at radius 1 is 1.21 bits per heavy atom. The summed E-state index contributed by atoms with van der Waals surface area (Å²) in [6.07, 6.45) is 3.45. The van der Waals surface area contributed by atoms with Crippen molar-refractivity contribution in [3.63, 3.8) is 0 Å². The third-order valence-corrected chi connectivity index (χ3v) is 3.98. The van der Waals surface area contributed by atoms with Crippen LogP contribution in [-0.4, -0.2) is 26.5 Å². The van der Waals surface area contributed by atoms with Gasteiger partial charge in [-0.2, -0.15) is 0 Å². The standard InChI is InChI=1S/C14H20N2O3/c15-19-8-5-11-3-6-16(7-4-11)12-1-2-13-14(9-12)18-10-17-13/h1-2,9,11H,3-8,10,15H2. The molecule has 0 unspecified atom stereocenters. The minimum absolute atomic E-state index is 0.333. The van der Waals surface area contributed by atoms with Gasteiger partial charge in [-0.3, -0.25) is 0 Å². The molecule has 5 heteroatoms. The number of nitrogens with zero attached hydrogens (tertiary/aromatic N) is 1. The highest BCUT2D eigenvalue weighted by atomic mass is 16.7. The van der Waals surface area contributed by atoms with E-state index in [0.29, 0.717) is 13.4 Å². The van der Waals surface area contributed by atoms with Gasteiger partial charge in [-0.1, -0.05) is 0 Å². The molecule has 19 heavy (non-hydrogen) atoms. The second-order valence-electron chi connectivity index (χ2n) is 5.13. The second kappa shape index (κ2) is 5.67. The minimum atomic E-state index is 0.333. The number of hydrogen-bond donors (Lipinski definition) is 1.